The first-order chi connectivity index (χ1) is 8.81. The lowest BCUT2D eigenvalue weighted by Crippen LogP contribution is -3.00. The van der Waals surface area contributed by atoms with Gasteiger partial charge in [0, 0.05) is 12.5 Å². The molecule has 0 amide bonds. The first kappa shape index (κ1) is 21.8. The number of quaternary nitrogens is 1. The van der Waals surface area contributed by atoms with E-state index in [-0.39, 0.29) is 24.6 Å². The third-order valence-electron chi connectivity index (χ3n) is 3.70. The zero-order valence-corrected chi connectivity index (χ0v) is 14.6. The van der Waals surface area contributed by atoms with Crippen molar-refractivity contribution in [3.63, 3.8) is 0 Å². The van der Waals surface area contributed by atoms with Gasteiger partial charge in [0.15, 0.2) is 0 Å². The second kappa shape index (κ2) is 11.2. The van der Waals surface area contributed by atoms with Gasteiger partial charge < -0.3 is 17.1 Å². The molecule has 120 valence electrons. The van der Waals surface area contributed by atoms with Crippen molar-refractivity contribution in [2.75, 3.05) is 20.6 Å². The minimum absolute atomic E-state index is 0. The van der Waals surface area contributed by atoms with Crippen molar-refractivity contribution in [3.05, 3.63) is 12.2 Å². The zero-order valence-electron chi connectivity index (χ0n) is 13.9. The molecule has 3 nitrogen and oxygen atoms in total. The van der Waals surface area contributed by atoms with E-state index in [1.54, 1.807) is 6.92 Å². The fraction of sp³-hybridized carbons (Fsp3) is 0.812. The number of rotatable bonds is 10. The number of ether oxygens (including phenoxy) is 1. The molecule has 0 spiro atoms. The molecule has 0 heterocycles. The molecule has 0 aliphatic heterocycles. The second-order valence-electron chi connectivity index (χ2n) is 6.05. The summed E-state index contributed by atoms with van der Waals surface area (Å²) in [4.78, 5) is 11.5. The van der Waals surface area contributed by atoms with Crippen LogP contribution in [0.5, 0.6) is 0 Å². The normalized spacial score (nSPS) is 12.4. The van der Waals surface area contributed by atoms with Crippen molar-refractivity contribution in [1.82, 2.24) is 0 Å². The highest BCUT2D eigenvalue weighted by atomic mass is 35.5. The minimum atomic E-state index is -0.290. The van der Waals surface area contributed by atoms with Crippen molar-refractivity contribution in [2.24, 2.45) is 0 Å². The Labute approximate surface area is 131 Å². The van der Waals surface area contributed by atoms with Crippen molar-refractivity contribution in [2.45, 2.75) is 65.5 Å². The monoisotopic (exact) mass is 305 g/mol. The Balaban J connectivity index is 0. The van der Waals surface area contributed by atoms with Gasteiger partial charge in [-0.1, -0.05) is 39.2 Å². The molecule has 4 heteroatoms. The van der Waals surface area contributed by atoms with E-state index in [9.17, 15) is 4.79 Å². The van der Waals surface area contributed by atoms with Gasteiger partial charge >= 0.3 is 5.97 Å². The Morgan fingerprint density at radius 2 is 1.65 bits per heavy atom. The highest BCUT2D eigenvalue weighted by molar-refractivity contribution is 5.86. The number of hydrogen-bond donors (Lipinski definition) is 0. The van der Waals surface area contributed by atoms with E-state index in [4.69, 9.17) is 4.74 Å². The van der Waals surface area contributed by atoms with Crippen molar-refractivity contribution in [1.29, 1.82) is 0 Å². The first-order valence-corrected chi connectivity index (χ1v) is 7.50. The molecule has 0 N–H and O–H groups in total. The van der Waals surface area contributed by atoms with E-state index in [2.05, 4.69) is 27.6 Å². The molecular formula is C16H32ClNO2. The number of carbonyl (C=O) groups is 1. The summed E-state index contributed by atoms with van der Waals surface area (Å²) in [6.45, 7) is 10.5. The summed E-state index contributed by atoms with van der Waals surface area (Å²) in [5.41, 5.74) is 0.464. The lowest BCUT2D eigenvalue weighted by Gasteiger charge is -2.35. The maximum Gasteiger partial charge on any atom is 0.337 e. The largest absolute Gasteiger partial charge is 1.00 e. The number of carbonyl (C=O) groups excluding carboxylic acids is 1. The third kappa shape index (κ3) is 9.38. The molecule has 0 aliphatic carbocycles. The Morgan fingerprint density at radius 3 is 2.15 bits per heavy atom. The molecular weight excluding hydrogens is 274 g/mol. The van der Waals surface area contributed by atoms with E-state index in [1.165, 1.54) is 38.5 Å². The summed E-state index contributed by atoms with van der Waals surface area (Å²) < 4.78 is 6.12. The van der Waals surface area contributed by atoms with Gasteiger partial charge in [-0.3, -0.25) is 4.48 Å². The van der Waals surface area contributed by atoms with Gasteiger partial charge in [-0.05, 0) is 19.8 Å². The first-order valence-electron chi connectivity index (χ1n) is 7.50. The summed E-state index contributed by atoms with van der Waals surface area (Å²) in [5.74, 6) is -0.290. The SMILES string of the molecule is C=C(C)C(=O)OC(C)[N+](C)(C)CCCCCCCC.[Cl-]. The molecule has 0 aliphatic rings. The average molecular weight is 306 g/mol. The molecule has 0 aromatic rings. The highest BCUT2D eigenvalue weighted by Gasteiger charge is 2.26. The molecule has 20 heavy (non-hydrogen) atoms. The number of esters is 1. The zero-order chi connectivity index (χ0) is 14.9. The van der Waals surface area contributed by atoms with Gasteiger partial charge in [-0.15, -0.1) is 0 Å². The molecule has 0 saturated heterocycles. The maximum atomic E-state index is 11.5. The van der Waals surface area contributed by atoms with Crippen LogP contribution in [-0.4, -0.2) is 37.3 Å². The number of halogens is 1. The van der Waals surface area contributed by atoms with Crippen LogP contribution >= 0.6 is 0 Å². The molecule has 0 bridgehead atoms. The minimum Gasteiger partial charge on any atom is -1.00 e. The summed E-state index contributed by atoms with van der Waals surface area (Å²) in [6.07, 6.45) is 7.60. The molecule has 0 saturated carbocycles. The second-order valence-corrected chi connectivity index (χ2v) is 6.05. The average Bonchev–Trinajstić information content (AvgIpc) is 2.33. The lowest BCUT2D eigenvalue weighted by molar-refractivity contribution is -0.932. The van der Waals surface area contributed by atoms with E-state index >= 15 is 0 Å². The Hall–Kier alpha value is -0.540. The van der Waals surface area contributed by atoms with Gasteiger partial charge in [0.2, 0.25) is 6.23 Å². The van der Waals surface area contributed by atoms with Gasteiger partial charge in [0.1, 0.15) is 0 Å². The molecule has 0 rings (SSSR count). The van der Waals surface area contributed by atoms with Crippen LogP contribution in [0.2, 0.25) is 0 Å². The van der Waals surface area contributed by atoms with Crippen molar-refractivity contribution >= 4 is 5.97 Å². The summed E-state index contributed by atoms with van der Waals surface area (Å²) in [6, 6.07) is 0. The Morgan fingerprint density at radius 1 is 1.15 bits per heavy atom. The summed E-state index contributed by atoms with van der Waals surface area (Å²) >= 11 is 0. The van der Waals surface area contributed by atoms with E-state index < -0.39 is 0 Å². The Bertz CT molecular complexity index is 290. The summed E-state index contributed by atoms with van der Waals surface area (Å²) in [5, 5.41) is 0. The van der Waals surface area contributed by atoms with Crippen molar-refractivity contribution in [3.8, 4) is 0 Å². The van der Waals surface area contributed by atoms with Gasteiger partial charge in [-0.25, -0.2) is 4.79 Å². The van der Waals surface area contributed by atoms with Crippen LogP contribution in [0.4, 0.5) is 0 Å². The van der Waals surface area contributed by atoms with E-state index in [0.717, 1.165) is 6.54 Å². The molecule has 0 radical (unpaired) electrons. The quantitative estimate of drug-likeness (QED) is 0.197. The van der Waals surface area contributed by atoms with Crippen LogP contribution in [0.1, 0.15) is 59.3 Å². The molecule has 0 aromatic carbocycles. The van der Waals surface area contributed by atoms with E-state index in [1.807, 2.05) is 6.92 Å². The van der Waals surface area contributed by atoms with Crippen molar-refractivity contribution < 1.29 is 26.4 Å². The molecule has 1 atom stereocenters. The number of unbranched alkanes of at least 4 members (excludes halogenated alkanes) is 5. The highest BCUT2D eigenvalue weighted by Crippen LogP contribution is 2.13. The van der Waals surface area contributed by atoms with Crippen LogP contribution in [0.15, 0.2) is 12.2 Å². The Kier molecular flexibility index (Phi) is 12.1. The number of hydrogen-bond acceptors (Lipinski definition) is 2. The summed E-state index contributed by atoms with van der Waals surface area (Å²) in [7, 11) is 4.23. The topological polar surface area (TPSA) is 26.3 Å². The van der Waals surface area contributed by atoms with E-state index in [0.29, 0.717) is 10.1 Å². The maximum absolute atomic E-state index is 11.5. The van der Waals surface area contributed by atoms with Gasteiger partial charge in [0.05, 0.1) is 20.6 Å². The predicted molar refractivity (Wildman–Crippen MR) is 80.7 cm³/mol. The van der Waals surface area contributed by atoms with Crippen LogP contribution in [0.3, 0.4) is 0 Å². The molecule has 1 unspecified atom stereocenters. The third-order valence-corrected chi connectivity index (χ3v) is 3.70. The van der Waals surface area contributed by atoms with Crippen LogP contribution in [0, 0.1) is 0 Å². The number of nitrogens with zero attached hydrogens (tertiary/aromatic N) is 1. The molecule has 0 aromatic heterocycles. The fourth-order valence-electron chi connectivity index (χ4n) is 1.88. The molecule has 0 fully saturated rings. The lowest BCUT2D eigenvalue weighted by atomic mass is 10.1. The van der Waals surface area contributed by atoms with Crippen LogP contribution < -0.4 is 12.4 Å². The smallest absolute Gasteiger partial charge is 0.337 e. The fourth-order valence-corrected chi connectivity index (χ4v) is 1.88. The van der Waals surface area contributed by atoms with Crippen LogP contribution in [-0.2, 0) is 9.53 Å². The predicted octanol–water partition coefficient (Wildman–Crippen LogP) is 0.893. The van der Waals surface area contributed by atoms with Crippen LogP contribution in [0.25, 0.3) is 0 Å². The van der Waals surface area contributed by atoms with Gasteiger partial charge in [-0.2, -0.15) is 0 Å². The van der Waals surface area contributed by atoms with Gasteiger partial charge in [0.25, 0.3) is 0 Å². The standard InChI is InChI=1S/C16H32NO2.ClH/c1-7-8-9-10-11-12-13-17(5,6)15(4)19-16(18)14(2)3;/h15H,2,7-13H2,1,3-6H3;1H/q+1;/p-1.